The number of nitrogens with zero attached hydrogens (tertiary/aromatic N) is 2. The highest BCUT2D eigenvalue weighted by Crippen LogP contribution is 2.33. The normalized spacial score (nSPS) is 11.1. The molecule has 0 saturated carbocycles. The predicted octanol–water partition coefficient (Wildman–Crippen LogP) is 3.77. The van der Waals surface area contributed by atoms with E-state index in [-0.39, 0.29) is 5.92 Å². The van der Waals surface area contributed by atoms with Gasteiger partial charge in [0.2, 0.25) is 12.2 Å². The lowest BCUT2D eigenvalue weighted by Gasteiger charge is -2.13. The first-order valence-corrected chi connectivity index (χ1v) is 6.11. The van der Waals surface area contributed by atoms with Crippen LogP contribution in [0.2, 0.25) is 0 Å². The molecule has 98 valence electrons. The van der Waals surface area contributed by atoms with Gasteiger partial charge in [-0.25, -0.2) is 9.59 Å². The molecule has 4 heteroatoms. The number of hydrogen-bond acceptors (Lipinski definition) is 4. The number of aliphatic imine (C=N–C) groups is 2. The van der Waals surface area contributed by atoms with E-state index in [1.54, 1.807) is 12.1 Å². The van der Waals surface area contributed by atoms with Gasteiger partial charge in [-0.15, -0.1) is 0 Å². The molecule has 0 N–H and O–H groups in total. The van der Waals surface area contributed by atoms with Gasteiger partial charge in [0, 0.05) is 5.92 Å². The van der Waals surface area contributed by atoms with Crippen molar-refractivity contribution in [1.29, 1.82) is 0 Å². The lowest BCUT2D eigenvalue weighted by Crippen LogP contribution is -1.95. The summed E-state index contributed by atoms with van der Waals surface area (Å²) in [6.07, 6.45) is 2.92. The van der Waals surface area contributed by atoms with E-state index in [4.69, 9.17) is 0 Å². The summed E-state index contributed by atoms with van der Waals surface area (Å²) in [4.78, 5) is 27.9. The summed E-state index contributed by atoms with van der Waals surface area (Å²) < 4.78 is 0. The second-order valence-corrected chi connectivity index (χ2v) is 4.29. The lowest BCUT2D eigenvalue weighted by molar-refractivity contribution is 0.564. The van der Waals surface area contributed by atoms with Gasteiger partial charge in [-0.3, -0.25) is 0 Å². The van der Waals surface area contributed by atoms with Gasteiger partial charge in [-0.05, 0) is 23.3 Å². The fourth-order valence-corrected chi connectivity index (χ4v) is 2.03. The third kappa shape index (κ3) is 2.96. The van der Waals surface area contributed by atoms with Crippen LogP contribution in [-0.4, -0.2) is 12.2 Å². The molecule has 0 heterocycles. The average Bonchev–Trinajstić information content (AvgIpc) is 2.50. The monoisotopic (exact) mass is 264 g/mol. The van der Waals surface area contributed by atoms with Gasteiger partial charge in [-0.2, -0.15) is 9.98 Å². The lowest BCUT2D eigenvalue weighted by atomic mass is 9.93. The van der Waals surface area contributed by atoms with Crippen LogP contribution in [0.3, 0.4) is 0 Å². The van der Waals surface area contributed by atoms with Gasteiger partial charge in [0.25, 0.3) is 0 Å². The highest BCUT2D eigenvalue weighted by molar-refractivity contribution is 5.69. The average molecular weight is 264 g/mol. The molecule has 0 fully saturated rings. The van der Waals surface area contributed by atoms with Crippen LogP contribution < -0.4 is 0 Å². The van der Waals surface area contributed by atoms with Crippen LogP contribution in [0.25, 0.3) is 0 Å². The topological polar surface area (TPSA) is 58.9 Å². The van der Waals surface area contributed by atoms with E-state index in [0.29, 0.717) is 11.4 Å². The van der Waals surface area contributed by atoms with Crippen molar-refractivity contribution in [1.82, 2.24) is 0 Å². The van der Waals surface area contributed by atoms with Crippen LogP contribution in [0.1, 0.15) is 24.0 Å². The van der Waals surface area contributed by atoms with Crippen LogP contribution in [0.15, 0.2) is 58.5 Å². The molecule has 2 aromatic carbocycles. The van der Waals surface area contributed by atoms with E-state index in [2.05, 4.69) is 16.9 Å². The standard InChI is InChI=1S/C16H12N2O2/c1-12(13-5-3-2-4-6-13)14-7-8-15(17-10-19)16(9-14)18-11-20/h2-9,12H,1H3. The number of rotatable bonds is 4. The molecule has 1 unspecified atom stereocenters. The Bertz CT molecular complexity index is 698. The number of carbonyl (C=O) groups excluding carboxylic acids is 2. The molecule has 0 aromatic heterocycles. The second-order valence-electron chi connectivity index (χ2n) is 4.29. The molecule has 0 aliphatic heterocycles. The molecule has 0 aliphatic rings. The Balaban J connectivity index is 2.45. The van der Waals surface area contributed by atoms with Crippen LogP contribution >= 0.6 is 0 Å². The molecule has 2 rings (SSSR count). The summed E-state index contributed by atoms with van der Waals surface area (Å²) in [5.41, 5.74) is 2.77. The highest BCUT2D eigenvalue weighted by atomic mass is 16.1. The first-order valence-electron chi connectivity index (χ1n) is 6.11. The zero-order valence-corrected chi connectivity index (χ0v) is 10.9. The molecule has 0 saturated heterocycles. The molecule has 0 spiro atoms. The van der Waals surface area contributed by atoms with Crippen LogP contribution in [-0.2, 0) is 9.59 Å². The Hall–Kier alpha value is -2.80. The summed E-state index contributed by atoms with van der Waals surface area (Å²) in [5.74, 6) is 0.145. The molecule has 2 aromatic rings. The van der Waals surface area contributed by atoms with E-state index in [0.717, 1.165) is 11.1 Å². The van der Waals surface area contributed by atoms with Crippen molar-refractivity contribution in [2.24, 2.45) is 9.98 Å². The summed E-state index contributed by atoms with van der Waals surface area (Å²) >= 11 is 0. The minimum atomic E-state index is 0.145. The highest BCUT2D eigenvalue weighted by Gasteiger charge is 2.10. The number of isocyanates is 2. The molecule has 0 radical (unpaired) electrons. The van der Waals surface area contributed by atoms with Crippen molar-refractivity contribution >= 4 is 23.5 Å². The van der Waals surface area contributed by atoms with Gasteiger partial charge in [0.1, 0.15) is 11.4 Å². The maximum Gasteiger partial charge on any atom is 0.240 e. The Kier molecular flexibility index (Phi) is 4.35. The number of hydrogen-bond donors (Lipinski definition) is 0. The predicted molar refractivity (Wildman–Crippen MR) is 76.0 cm³/mol. The van der Waals surface area contributed by atoms with E-state index in [9.17, 15) is 9.59 Å². The first-order chi connectivity index (χ1) is 9.76. The van der Waals surface area contributed by atoms with Gasteiger partial charge >= 0.3 is 0 Å². The van der Waals surface area contributed by atoms with Gasteiger partial charge in [-0.1, -0.05) is 43.3 Å². The van der Waals surface area contributed by atoms with E-state index < -0.39 is 0 Å². The molecular weight excluding hydrogens is 252 g/mol. The van der Waals surface area contributed by atoms with Crippen molar-refractivity contribution in [2.45, 2.75) is 12.8 Å². The molecule has 0 aliphatic carbocycles. The number of benzene rings is 2. The maximum atomic E-state index is 10.5. The minimum Gasteiger partial charge on any atom is -0.211 e. The Morgan fingerprint density at radius 1 is 0.850 bits per heavy atom. The molecular formula is C16H12N2O2. The summed E-state index contributed by atoms with van der Waals surface area (Å²) in [5, 5.41) is 0. The van der Waals surface area contributed by atoms with Crippen LogP contribution in [0.4, 0.5) is 11.4 Å². The van der Waals surface area contributed by atoms with Crippen molar-refractivity contribution in [3.8, 4) is 0 Å². The molecule has 0 amide bonds. The fourth-order valence-electron chi connectivity index (χ4n) is 2.03. The van der Waals surface area contributed by atoms with Crippen LogP contribution in [0.5, 0.6) is 0 Å². The second kappa shape index (κ2) is 6.39. The molecule has 1 atom stereocenters. The Labute approximate surface area is 116 Å². The van der Waals surface area contributed by atoms with Crippen molar-refractivity contribution in [2.75, 3.05) is 0 Å². The maximum absolute atomic E-state index is 10.5. The van der Waals surface area contributed by atoms with Gasteiger partial charge in [0.05, 0.1) is 0 Å². The Morgan fingerprint density at radius 3 is 2.15 bits per heavy atom. The van der Waals surface area contributed by atoms with Crippen molar-refractivity contribution < 1.29 is 9.59 Å². The van der Waals surface area contributed by atoms with Gasteiger partial charge in [0.15, 0.2) is 0 Å². The van der Waals surface area contributed by atoms with Gasteiger partial charge < -0.3 is 0 Å². The van der Waals surface area contributed by atoms with E-state index in [1.165, 1.54) is 12.2 Å². The first kappa shape index (κ1) is 13.6. The largest absolute Gasteiger partial charge is 0.240 e. The van der Waals surface area contributed by atoms with E-state index >= 15 is 0 Å². The fraction of sp³-hybridized carbons (Fsp3) is 0.125. The van der Waals surface area contributed by atoms with Crippen molar-refractivity contribution in [3.63, 3.8) is 0 Å². The minimum absolute atomic E-state index is 0.145. The summed E-state index contributed by atoms with van der Waals surface area (Å²) in [6.45, 7) is 2.06. The van der Waals surface area contributed by atoms with Crippen molar-refractivity contribution in [3.05, 3.63) is 59.7 Å². The third-order valence-electron chi connectivity index (χ3n) is 3.13. The Morgan fingerprint density at radius 2 is 1.50 bits per heavy atom. The molecule has 20 heavy (non-hydrogen) atoms. The summed E-state index contributed by atoms with van der Waals surface area (Å²) in [6, 6.07) is 15.2. The quantitative estimate of drug-likeness (QED) is 0.623. The molecule has 0 bridgehead atoms. The molecule has 4 nitrogen and oxygen atoms in total. The van der Waals surface area contributed by atoms with Crippen LogP contribution in [0, 0.1) is 0 Å². The smallest absolute Gasteiger partial charge is 0.211 e. The third-order valence-corrected chi connectivity index (χ3v) is 3.13. The van der Waals surface area contributed by atoms with E-state index in [1.807, 2.05) is 36.4 Å². The zero-order valence-electron chi connectivity index (χ0n) is 10.9. The summed E-state index contributed by atoms with van der Waals surface area (Å²) in [7, 11) is 0. The zero-order chi connectivity index (χ0) is 14.4. The SMILES string of the molecule is CC(c1ccccc1)c1ccc(N=C=O)c(N=C=O)c1.